The Kier molecular flexibility index (Phi) is 3.16. The number of nitrogens with zero attached hydrogens (tertiary/aromatic N) is 2. The molecule has 0 aliphatic rings. The zero-order chi connectivity index (χ0) is 14.1. The number of hydrogen-bond donors (Lipinski definition) is 1. The molecule has 3 aromatic rings. The zero-order valence-corrected chi connectivity index (χ0v) is 11.4. The number of hydrogen-bond acceptors (Lipinski definition) is 4. The van der Waals surface area contributed by atoms with Crippen molar-refractivity contribution in [1.29, 1.82) is 0 Å². The van der Waals surface area contributed by atoms with Crippen LogP contribution in [0.2, 0.25) is 5.02 Å². The lowest BCUT2D eigenvalue weighted by atomic mass is 10.0. The molecule has 0 aliphatic heterocycles. The van der Waals surface area contributed by atoms with Crippen LogP contribution in [0.5, 0.6) is 11.6 Å². The predicted octanol–water partition coefficient (Wildman–Crippen LogP) is 3.66. The molecule has 1 N–H and O–H groups in total. The molecule has 0 aliphatic carbocycles. The fourth-order valence-corrected chi connectivity index (χ4v) is 2.35. The molecule has 0 spiro atoms. The number of halogens is 1. The van der Waals surface area contributed by atoms with Crippen molar-refractivity contribution in [2.45, 2.75) is 0 Å². The van der Waals surface area contributed by atoms with Crippen LogP contribution in [0.3, 0.4) is 0 Å². The van der Waals surface area contributed by atoms with Crippen molar-refractivity contribution in [3.63, 3.8) is 0 Å². The topological polar surface area (TPSA) is 55.2 Å². The smallest absolute Gasteiger partial charge is 0.232 e. The summed E-state index contributed by atoms with van der Waals surface area (Å²) in [7, 11) is 1.52. The number of aromatic hydroxyl groups is 1. The van der Waals surface area contributed by atoms with Crippen LogP contribution in [0.15, 0.2) is 42.7 Å². The van der Waals surface area contributed by atoms with Gasteiger partial charge in [0.15, 0.2) is 0 Å². The van der Waals surface area contributed by atoms with Crippen LogP contribution in [-0.2, 0) is 0 Å². The lowest BCUT2D eigenvalue weighted by molar-refractivity contribution is 0.398. The van der Waals surface area contributed by atoms with Crippen molar-refractivity contribution >= 4 is 22.5 Å². The SMILES string of the molecule is COc1ncc(-c2ccnc3ccc(O)cc23)cc1Cl. The van der Waals surface area contributed by atoms with Gasteiger partial charge >= 0.3 is 0 Å². The van der Waals surface area contributed by atoms with Crippen LogP contribution in [0, 0.1) is 0 Å². The van der Waals surface area contributed by atoms with Gasteiger partial charge in [0.2, 0.25) is 5.88 Å². The molecule has 0 bridgehead atoms. The Morgan fingerprint density at radius 2 is 2.00 bits per heavy atom. The van der Waals surface area contributed by atoms with Crippen LogP contribution in [-0.4, -0.2) is 22.2 Å². The summed E-state index contributed by atoms with van der Waals surface area (Å²) in [6.07, 6.45) is 3.40. The Bertz CT molecular complexity index is 790. The van der Waals surface area contributed by atoms with Gasteiger partial charge < -0.3 is 9.84 Å². The minimum absolute atomic E-state index is 0.194. The van der Waals surface area contributed by atoms with E-state index in [1.54, 1.807) is 36.7 Å². The van der Waals surface area contributed by atoms with Gasteiger partial charge in [-0.2, -0.15) is 0 Å². The van der Waals surface area contributed by atoms with Crippen molar-refractivity contribution in [2.24, 2.45) is 0 Å². The minimum atomic E-state index is 0.194. The molecule has 0 atom stereocenters. The molecule has 0 saturated heterocycles. The highest BCUT2D eigenvalue weighted by molar-refractivity contribution is 6.32. The maximum Gasteiger partial charge on any atom is 0.232 e. The number of benzene rings is 1. The quantitative estimate of drug-likeness (QED) is 0.781. The summed E-state index contributed by atoms with van der Waals surface area (Å²) in [4.78, 5) is 8.44. The highest BCUT2D eigenvalue weighted by Crippen LogP contribution is 2.32. The number of methoxy groups -OCH3 is 1. The second-order valence-electron chi connectivity index (χ2n) is 4.28. The predicted molar refractivity (Wildman–Crippen MR) is 78.2 cm³/mol. The van der Waals surface area contributed by atoms with E-state index in [1.165, 1.54) is 7.11 Å². The van der Waals surface area contributed by atoms with Gasteiger partial charge in [0.1, 0.15) is 10.8 Å². The van der Waals surface area contributed by atoms with E-state index >= 15 is 0 Å². The van der Waals surface area contributed by atoms with E-state index in [9.17, 15) is 5.11 Å². The van der Waals surface area contributed by atoms with Gasteiger partial charge in [0, 0.05) is 23.3 Å². The molecule has 100 valence electrons. The van der Waals surface area contributed by atoms with E-state index in [0.29, 0.717) is 10.9 Å². The van der Waals surface area contributed by atoms with Gasteiger partial charge in [-0.05, 0) is 35.9 Å². The van der Waals surface area contributed by atoms with Gasteiger partial charge in [0.25, 0.3) is 0 Å². The number of rotatable bonds is 2. The monoisotopic (exact) mass is 286 g/mol. The molecular formula is C15H11ClN2O2. The number of aromatic nitrogens is 2. The Morgan fingerprint density at radius 1 is 1.15 bits per heavy atom. The molecule has 20 heavy (non-hydrogen) atoms. The standard InChI is InChI=1S/C15H11ClN2O2/c1-20-15-13(16)6-9(8-18-15)11-4-5-17-14-3-2-10(19)7-12(11)14/h2-8,19H,1H3. The van der Waals surface area contributed by atoms with Crippen molar-refractivity contribution in [1.82, 2.24) is 9.97 Å². The van der Waals surface area contributed by atoms with E-state index < -0.39 is 0 Å². The first-order valence-electron chi connectivity index (χ1n) is 5.96. The summed E-state index contributed by atoms with van der Waals surface area (Å²) >= 11 is 6.11. The fraction of sp³-hybridized carbons (Fsp3) is 0.0667. The number of phenolic OH excluding ortho intramolecular Hbond substituents is 1. The Labute approximate surface area is 120 Å². The molecule has 0 unspecified atom stereocenters. The summed E-state index contributed by atoms with van der Waals surface area (Å²) in [6.45, 7) is 0. The largest absolute Gasteiger partial charge is 0.508 e. The number of fused-ring (bicyclic) bond motifs is 1. The molecule has 2 heterocycles. The van der Waals surface area contributed by atoms with Crippen LogP contribution in [0.4, 0.5) is 0 Å². The third-order valence-electron chi connectivity index (χ3n) is 3.04. The molecular weight excluding hydrogens is 276 g/mol. The minimum Gasteiger partial charge on any atom is -0.508 e. The number of pyridine rings is 2. The van der Waals surface area contributed by atoms with Crippen molar-refractivity contribution in [2.75, 3.05) is 7.11 Å². The van der Waals surface area contributed by atoms with Crippen LogP contribution in [0.1, 0.15) is 0 Å². The van der Waals surface area contributed by atoms with Gasteiger partial charge in [-0.1, -0.05) is 11.6 Å². The van der Waals surface area contributed by atoms with E-state index in [4.69, 9.17) is 16.3 Å². The van der Waals surface area contributed by atoms with Gasteiger partial charge in [-0.15, -0.1) is 0 Å². The summed E-state index contributed by atoms with van der Waals surface area (Å²) < 4.78 is 5.05. The summed E-state index contributed by atoms with van der Waals surface area (Å²) in [6, 6.07) is 8.70. The summed E-state index contributed by atoms with van der Waals surface area (Å²) in [5, 5.41) is 10.9. The van der Waals surface area contributed by atoms with Crippen molar-refractivity contribution in [3.8, 4) is 22.8 Å². The van der Waals surface area contributed by atoms with Crippen LogP contribution >= 0.6 is 11.6 Å². The zero-order valence-electron chi connectivity index (χ0n) is 10.7. The van der Waals surface area contributed by atoms with Gasteiger partial charge in [0.05, 0.1) is 12.6 Å². The second kappa shape index (κ2) is 4.98. The molecule has 3 rings (SSSR count). The van der Waals surface area contributed by atoms with Crippen LogP contribution < -0.4 is 4.74 Å². The number of ether oxygens (including phenoxy) is 1. The highest BCUT2D eigenvalue weighted by atomic mass is 35.5. The Morgan fingerprint density at radius 3 is 2.75 bits per heavy atom. The molecule has 0 fully saturated rings. The molecule has 0 amide bonds. The van der Waals surface area contributed by atoms with Gasteiger partial charge in [-0.3, -0.25) is 4.98 Å². The molecule has 5 heteroatoms. The first-order valence-corrected chi connectivity index (χ1v) is 6.34. The van der Waals surface area contributed by atoms with Crippen LogP contribution in [0.25, 0.3) is 22.0 Å². The Balaban J connectivity index is 2.24. The van der Waals surface area contributed by atoms with Crippen molar-refractivity contribution < 1.29 is 9.84 Å². The maximum atomic E-state index is 9.65. The molecule has 2 aromatic heterocycles. The lowest BCUT2D eigenvalue weighted by Crippen LogP contribution is -1.90. The van der Waals surface area contributed by atoms with Gasteiger partial charge in [-0.25, -0.2) is 4.98 Å². The third kappa shape index (κ3) is 2.14. The van der Waals surface area contributed by atoms with Crippen molar-refractivity contribution in [3.05, 3.63) is 47.7 Å². The second-order valence-corrected chi connectivity index (χ2v) is 4.68. The first-order chi connectivity index (χ1) is 9.69. The van der Waals surface area contributed by atoms with E-state index in [-0.39, 0.29) is 5.75 Å². The Hall–Kier alpha value is -2.33. The normalized spacial score (nSPS) is 10.7. The summed E-state index contributed by atoms with van der Waals surface area (Å²) in [5.41, 5.74) is 2.55. The maximum absolute atomic E-state index is 9.65. The molecule has 4 nitrogen and oxygen atoms in total. The number of phenols is 1. The van der Waals surface area contributed by atoms with E-state index in [2.05, 4.69) is 9.97 Å². The summed E-state index contributed by atoms with van der Waals surface area (Å²) in [5.74, 6) is 0.580. The van der Waals surface area contributed by atoms with E-state index in [0.717, 1.165) is 22.0 Å². The molecule has 1 aromatic carbocycles. The lowest BCUT2D eigenvalue weighted by Gasteiger charge is -2.08. The fourth-order valence-electron chi connectivity index (χ4n) is 2.11. The average Bonchev–Trinajstić information content (AvgIpc) is 2.46. The first kappa shape index (κ1) is 12.7. The molecule has 0 saturated carbocycles. The van der Waals surface area contributed by atoms with E-state index in [1.807, 2.05) is 6.07 Å². The average molecular weight is 287 g/mol. The highest BCUT2D eigenvalue weighted by Gasteiger charge is 2.09. The molecule has 0 radical (unpaired) electrons. The third-order valence-corrected chi connectivity index (χ3v) is 3.31.